The van der Waals surface area contributed by atoms with Gasteiger partial charge in [0.1, 0.15) is 5.82 Å². The number of amides is 1. The summed E-state index contributed by atoms with van der Waals surface area (Å²) in [5.74, 6) is -0.881. The van der Waals surface area contributed by atoms with Gasteiger partial charge >= 0.3 is 0 Å². The van der Waals surface area contributed by atoms with E-state index in [2.05, 4.69) is 5.32 Å². The summed E-state index contributed by atoms with van der Waals surface area (Å²) in [5.41, 5.74) is 0.305. The summed E-state index contributed by atoms with van der Waals surface area (Å²) in [4.78, 5) is 11.9. The molecule has 0 aromatic heterocycles. The largest absolute Gasteiger partial charge is 0.391 e. The van der Waals surface area contributed by atoms with Gasteiger partial charge in [-0.2, -0.15) is 0 Å². The minimum atomic E-state index is -0.550. The van der Waals surface area contributed by atoms with E-state index in [1.54, 1.807) is 0 Å². The molecule has 0 saturated heterocycles. The van der Waals surface area contributed by atoms with Gasteiger partial charge < -0.3 is 10.4 Å². The number of aliphatic hydroxyl groups excluding tert-OH is 1. The molecule has 1 aliphatic carbocycles. The van der Waals surface area contributed by atoms with Crippen LogP contribution in [-0.2, 0) is 0 Å². The van der Waals surface area contributed by atoms with E-state index in [9.17, 15) is 14.3 Å². The van der Waals surface area contributed by atoms with Gasteiger partial charge in [-0.25, -0.2) is 4.39 Å². The lowest BCUT2D eigenvalue weighted by Crippen LogP contribution is -2.45. The van der Waals surface area contributed by atoms with E-state index in [1.807, 2.05) is 0 Å². The van der Waals surface area contributed by atoms with Gasteiger partial charge in [0.2, 0.25) is 0 Å². The summed E-state index contributed by atoms with van der Waals surface area (Å²) in [7, 11) is 0. The highest BCUT2D eigenvalue weighted by Crippen LogP contribution is 2.20. The minimum Gasteiger partial charge on any atom is -0.391 e. The molecule has 98 valence electrons. The molecule has 1 aromatic rings. The Balaban J connectivity index is 2.04. The van der Waals surface area contributed by atoms with Crippen LogP contribution in [-0.4, -0.2) is 23.2 Å². The van der Waals surface area contributed by atoms with Crippen molar-refractivity contribution in [2.75, 3.05) is 0 Å². The van der Waals surface area contributed by atoms with Crippen molar-refractivity contribution in [2.24, 2.45) is 0 Å². The van der Waals surface area contributed by atoms with Gasteiger partial charge in [0.05, 0.1) is 17.2 Å². The van der Waals surface area contributed by atoms with Crippen molar-refractivity contribution in [3.63, 3.8) is 0 Å². The standard InChI is InChI=1S/C13H15ClFNO2/c14-9-7-8(5-6-10(9)15)13(18)16-11-3-1-2-4-12(11)17/h5-7,11-12,17H,1-4H2,(H,16,18). The molecule has 2 N–H and O–H groups in total. The number of carbonyl (C=O) groups excluding carboxylic acids is 1. The Morgan fingerprint density at radius 3 is 2.78 bits per heavy atom. The number of nitrogens with one attached hydrogen (secondary N) is 1. The van der Waals surface area contributed by atoms with Crippen LogP contribution in [0.25, 0.3) is 0 Å². The van der Waals surface area contributed by atoms with Crippen molar-refractivity contribution in [1.29, 1.82) is 0 Å². The van der Waals surface area contributed by atoms with Crippen molar-refractivity contribution in [3.05, 3.63) is 34.6 Å². The molecule has 0 spiro atoms. The lowest BCUT2D eigenvalue weighted by atomic mass is 9.92. The number of carbonyl (C=O) groups is 1. The molecule has 3 nitrogen and oxygen atoms in total. The van der Waals surface area contributed by atoms with Crippen LogP contribution in [0.5, 0.6) is 0 Å². The van der Waals surface area contributed by atoms with Crippen LogP contribution >= 0.6 is 11.6 Å². The molecule has 0 radical (unpaired) electrons. The normalized spacial score (nSPS) is 23.7. The van der Waals surface area contributed by atoms with Gasteiger partial charge in [-0.05, 0) is 31.0 Å². The first-order valence-electron chi connectivity index (χ1n) is 6.02. The van der Waals surface area contributed by atoms with Crippen LogP contribution in [0.3, 0.4) is 0 Å². The van der Waals surface area contributed by atoms with Gasteiger partial charge in [0, 0.05) is 5.56 Å². The van der Waals surface area contributed by atoms with E-state index in [4.69, 9.17) is 11.6 Å². The van der Waals surface area contributed by atoms with Gasteiger partial charge in [-0.15, -0.1) is 0 Å². The molecule has 1 amide bonds. The zero-order valence-corrected chi connectivity index (χ0v) is 10.6. The van der Waals surface area contributed by atoms with Crippen molar-refractivity contribution in [1.82, 2.24) is 5.32 Å². The predicted octanol–water partition coefficient (Wildman–Crippen LogP) is 2.51. The molecule has 1 aliphatic rings. The van der Waals surface area contributed by atoms with E-state index in [0.29, 0.717) is 12.0 Å². The van der Waals surface area contributed by atoms with E-state index in [-0.39, 0.29) is 17.0 Å². The number of hydrogen-bond acceptors (Lipinski definition) is 2. The second-order valence-electron chi connectivity index (χ2n) is 4.56. The highest BCUT2D eigenvalue weighted by atomic mass is 35.5. The summed E-state index contributed by atoms with van der Waals surface area (Å²) in [6.07, 6.45) is 2.94. The summed E-state index contributed by atoms with van der Waals surface area (Å²) in [5, 5.41) is 12.4. The summed E-state index contributed by atoms with van der Waals surface area (Å²) < 4.78 is 13.0. The van der Waals surface area contributed by atoms with Crippen LogP contribution in [0, 0.1) is 5.82 Å². The topological polar surface area (TPSA) is 49.3 Å². The third-order valence-corrected chi connectivity index (χ3v) is 3.52. The van der Waals surface area contributed by atoms with Gasteiger partial charge in [0.15, 0.2) is 0 Å². The van der Waals surface area contributed by atoms with Crippen molar-refractivity contribution in [2.45, 2.75) is 37.8 Å². The molecule has 0 bridgehead atoms. The summed E-state index contributed by atoms with van der Waals surface area (Å²) in [6.45, 7) is 0. The highest BCUT2D eigenvalue weighted by molar-refractivity contribution is 6.31. The molecule has 1 fully saturated rings. The molecule has 1 aromatic carbocycles. The zero-order chi connectivity index (χ0) is 13.1. The molecule has 5 heteroatoms. The molecule has 2 rings (SSSR count). The van der Waals surface area contributed by atoms with E-state index < -0.39 is 11.9 Å². The highest BCUT2D eigenvalue weighted by Gasteiger charge is 2.24. The zero-order valence-electron chi connectivity index (χ0n) is 9.83. The lowest BCUT2D eigenvalue weighted by Gasteiger charge is -2.28. The SMILES string of the molecule is O=C(NC1CCCCC1O)c1ccc(F)c(Cl)c1. The molecule has 1 saturated carbocycles. The van der Waals surface area contributed by atoms with E-state index in [0.717, 1.165) is 25.3 Å². The van der Waals surface area contributed by atoms with Crippen LogP contribution < -0.4 is 5.32 Å². The van der Waals surface area contributed by atoms with E-state index >= 15 is 0 Å². The first-order valence-corrected chi connectivity index (χ1v) is 6.39. The van der Waals surface area contributed by atoms with Gasteiger partial charge in [0.25, 0.3) is 5.91 Å². The Kier molecular flexibility index (Phi) is 4.19. The fourth-order valence-corrected chi connectivity index (χ4v) is 2.35. The molecular formula is C13H15ClFNO2. The minimum absolute atomic E-state index is 0.0770. The maximum Gasteiger partial charge on any atom is 0.251 e. The maximum atomic E-state index is 13.0. The molecule has 2 atom stereocenters. The van der Waals surface area contributed by atoms with Crippen LogP contribution in [0.1, 0.15) is 36.0 Å². The van der Waals surface area contributed by atoms with Crippen molar-refractivity contribution in [3.8, 4) is 0 Å². The first-order chi connectivity index (χ1) is 8.58. The van der Waals surface area contributed by atoms with Crippen molar-refractivity contribution < 1.29 is 14.3 Å². The lowest BCUT2D eigenvalue weighted by molar-refractivity contribution is 0.0717. The first kappa shape index (κ1) is 13.3. The predicted molar refractivity (Wildman–Crippen MR) is 67.1 cm³/mol. The van der Waals surface area contributed by atoms with Gasteiger partial charge in [-0.1, -0.05) is 24.4 Å². The average Bonchev–Trinajstić information content (AvgIpc) is 2.35. The fraction of sp³-hybridized carbons (Fsp3) is 0.462. The maximum absolute atomic E-state index is 13.0. The number of aliphatic hydroxyl groups is 1. The van der Waals surface area contributed by atoms with Crippen molar-refractivity contribution >= 4 is 17.5 Å². The second-order valence-corrected chi connectivity index (χ2v) is 4.97. The summed E-state index contributed by atoms with van der Waals surface area (Å²) >= 11 is 5.62. The smallest absolute Gasteiger partial charge is 0.251 e. The Morgan fingerprint density at radius 2 is 2.11 bits per heavy atom. The Labute approximate surface area is 110 Å². The van der Waals surface area contributed by atoms with Crippen LogP contribution in [0.15, 0.2) is 18.2 Å². The van der Waals surface area contributed by atoms with Crippen LogP contribution in [0.2, 0.25) is 5.02 Å². The van der Waals surface area contributed by atoms with E-state index in [1.165, 1.54) is 12.1 Å². The average molecular weight is 272 g/mol. The third kappa shape index (κ3) is 3.00. The number of hydrogen-bond donors (Lipinski definition) is 2. The third-order valence-electron chi connectivity index (χ3n) is 3.23. The molecule has 0 aliphatic heterocycles. The van der Waals surface area contributed by atoms with Crippen LogP contribution in [0.4, 0.5) is 4.39 Å². The monoisotopic (exact) mass is 271 g/mol. The quantitative estimate of drug-likeness (QED) is 0.868. The fourth-order valence-electron chi connectivity index (χ4n) is 2.17. The molecular weight excluding hydrogens is 257 g/mol. The number of rotatable bonds is 2. The number of benzene rings is 1. The summed E-state index contributed by atoms with van der Waals surface area (Å²) in [6, 6.07) is 3.61. The second kappa shape index (κ2) is 5.67. The molecule has 18 heavy (non-hydrogen) atoms. The molecule has 0 heterocycles. The molecule has 2 unspecified atom stereocenters. The number of halogens is 2. The van der Waals surface area contributed by atoms with Gasteiger partial charge in [-0.3, -0.25) is 4.79 Å². The Hall–Kier alpha value is -1.13. The Bertz CT molecular complexity index is 453. The Morgan fingerprint density at radius 1 is 1.39 bits per heavy atom.